The Morgan fingerprint density at radius 1 is 1.10 bits per heavy atom. The van der Waals surface area contributed by atoms with Crippen molar-refractivity contribution >= 4 is 27.9 Å². The molecule has 0 saturated carbocycles. The number of nitrogens with two attached hydrogens (primary N) is 1. The summed E-state index contributed by atoms with van der Waals surface area (Å²) in [6.07, 6.45) is 8.22. The van der Waals surface area contributed by atoms with E-state index in [2.05, 4.69) is 25.7 Å². The summed E-state index contributed by atoms with van der Waals surface area (Å²) >= 11 is 0. The van der Waals surface area contributed by atoms with E-state index in [1.54, 1.807) is 6.07 Å². The molecule has 3 N–H and O–H groups in total. The first-order valence-electron chi connectivity index (χ1n) is 13.7. The van der Waals surface area contributed by atoms with Crippen LogP contribution < -0.4 is 15.7 Å². The number of carbonyl (C=O) groups is 1. The summed E-state index contributed by atoms with van der Waals surface area (Å²) in [5, 5.41) is 15.6. The van der Waals surface area contributed by atoms with E-state index in [1.807, 2.05) is 56.3 Å². The van der Waals surface area contributed by atoms with Gasteiger partial charge < -0.3 is 19.0 Å². The predicted molar refractivity (Wildman–Crippen MR) is 157 cm³/mol. The van der Waals surface area contributed by atoms with Gasteiger partial charge in [0, 0.05) is 46.8 Å². The molecule has 0 atom stereocenters. The Balaban J connectivity index is 1.75. The Hall–Kier alpha value is -3.69. The van der Waals surface area contributed by atoms with Crippen LogP contribution in [0.5, 0.6) is 0 Å². The zero-order valence-corrected chi connectivity index (χ0v) is 25.0. The zero-order chi connectivity index (χ0) is 30.2. The van der Waals surface area contributed by atoms with Crippen LogP contribution in [0.25, 0.3) is 17.4 Å². The molecule has 218 valence electrons. The highest BCUT2D eigenvalue weighted by Crippen LogP contribution is 2.48. The predicted octanol–water partition coefficient (Wildman–Crippen LogP) is 4.59. The average molecular weight is 579 g/mol. The first kappa shape index (κ1) is 30.3. The summed E-state index contributed by atoms with van der Waals surface area (Å²) in [5.41, 5.74) is 3.65. The lowest BCUT2D eigenvalue weighted by Gasteiger charge is -2.27. The van der Waals surface area contributed by atoms with E-state index in [9.17, 15) is 17.8 Å². The largest absolute Gasteiger partial charge is 0.744 e. The molecule has 0 radical (unpaired) electrons. The number of carboxylic acids is 1. The van der Waals surface area contributed by atoms with E-state index in [-0.39, 0.29) is 16.7 Å². The molecule has 0 aromatic heterocycles. The van der Waals surface area contributed by atoms with Crippen LogP contribution in [0.4, 0.5) is 5.69 Å². The van der Waals surface area contributed by atoms with Crippen LogP contribution in [0, 0.1) is 0 Å². The van der Waals surface area contributed by atoms with Crippen molar-refractivity contribution < 1.29 is 32.7 Å². The number of allylic oxidation sites excluding steroid dienone is 3. The van der Waals surface area contributed by atoms with Crippen LogP contribution in [0.3, 0.4) is 0 Å². The lowest BCUT2D eigenvalue weighted by Crippen LogP contribution is -2.44. The average Bonchev–Trinajstić information content (AvgIpc) is 3.07. The number of hydrogen-bond acceptors (Lipinski definition) is 6. The number of fused-ring (bicyclic) bond motifs is 2. The molecule has 41 heavy (non-hydrogen) atoms. The van der Waals surface area contributed by atoms with Gasteiger partial charge in [0.15, 0.2) is 5.36 Å². The van der Waals surface area contributed by atoms with Gasteiger partial charge in [-0.3, -0.25) is 10.2 Å². The molecular formula is C32H38N2O6S. The van der Waals surface area contributed by atoms with Crippen molar-refractivity contribution in [2.75, 3.05) is 11.4 Å². The second-order valence-corrected chi connectivity index (χ2v) is 13.5. The van der Waals surface area contributed by atoms with Gasteiger partial charge in [-0.15, -0.1) is 0 Å². The van der Waals surface area contributed by atoms with E-state index in [0.717, 1.165) is 46.7 Å². The summed E-state index contributed by atoms with van der Waals surface area (Å²) in [7, 11) is -4.61. The standard InChI is InChI=1S/C32H38N2O6S/c1-31(2,3)29-18-21(24-15-13-22(33)19-27(24)40-29)10-9-11-28-32(4,5)25-20-23(41(37,38)39)14-16-26(25)34(28)17-8-6-7-12-30(35)36/h9-11,13-16,18-20,33H,6-8,12,17H2,1-5H3,(H,35,36)(H,37,38,39)/b10-9+,28-11+,33-22?. The highest BCUT2D eigenvalue weighted by molar-refractivity contribution is 7.85. The smallest absolute Gasteiger partial charge is 0.303 e. The molecule has 2 aliphatic heterocycles. The molecule has 1 aromatic carbocycles. The van der Waals surface area contributed by atoms with Gasteiger partial charge in [0.25, 0.3) is 0 Å². The van der Waals surface area contributed by atoms with E-state index >= 15 is 0 Å². The monoisotopic (exact) mass is 578 g/mol. The molecule has 0 spiro atoms. The molecule has 0 fully saturated rings. The van der Waals surface area contributed by atoms with Crippen molar-refractivity contribution in [3.63, 3.8) is 0 Å². The summed E-state index contributed by atoms with van der Waals surface area (Å²) < 4.78 is 41.6. The number of aliphatic carboxylic acids is 1. The summed E-state index contributed by atoms with van der Waals surface area (Å²) in [6.45, 7) is 10.9. The Bertz CT molecular complexity index is 1660. The SMILES string of the molecule is CC(C)(C)c1cc(/C=C/C=C2/N(CCCCCC(=O)O)c3ccc(S(=O)(=O)[O-])cc3C2(C)C)c2ccc(=[NH2+])cc-2o1. The Morgan fingerprint density at radius 3 is 2.49 bits per heavy atom. The second-order valence-electron chi connectivity index (χ2n) is 12.1. The van der Waals surface area contributed by atoms with Crippen molar-refractivity contribution in [3.05, 3.63) is 82.6 Å². The topological polar surface area (TPSA) is 136 Å². The number of rotatable bonds is 9. The van der Waals surface area contributed by atoms with E-state index < -0.39 is 21.5 Å². The van der Waals surface area contributed by atoms with Gasteiger partial charge in [-0.25, -0.2) is 8.42 Å². The van der Waals surface area contributed by atoms with Crippen LogP contribution >= 0.6 is 0 Å². The van der Waals surface area contributed by atoms with E-state index in [1.165, 1.54) is 12.1 Å². The Morgan fingerprint density at radius 2 is 1.83 bits per heavy atom. The van der Waals surface area contributed by atoms with Crippen molar-refractivity contribution in [2.24, 2.45) is 0 Å². The maximum absolute atomic E-state index is 11.8. The van der Waals surface area contributed by atoms with Crippen LogP contribution in [-0.2, 0) is 25.7 Å². The van der Waals surface area contributed by atoms with Gasteiger partial charge >= 0.3 is 5.97 Å². The highest BCUT2D eigenvalue weighted by atomic mass is 32.2. The zero-order valence-electron chi connectivity index (χ0n) is 24.2. The van der Waals surface area contributed by atoms with Gasteiger partial charge in [-0.1, -0.05) is 53.2 Å². The molecule has 4 rings (SSSR count). The van der Waals surface area contributed by atoms with Crippen molar-refractivity contribution in [1.82, 2.24) is 0 Å². The number of hydrogen-bond donors (Lipinski definition) is 2. The van der Waals surface area contributed by atoms with Crippen molar-refractivity contribution in [3.8, 4) is 11.3 Å². The van der Waals surface area contributed by atoms with Crippen LogP contribution in [0.2, 0.25) is 0 Å². The van der Waals surface area contributed by atoms with E-state index in [4.69, 9.17) is 14.9 Å². The normalized spacial score (nSPS) is 16.1. The first-order chi connectivity index (χ1) is 19.1. The fraction of sp³-hybridized carbons (Fsp3) is 0.375. The number of carboxylic acid groups (broad SMARTS) is 1. The maximum atomic E-state index is 11.8. The first-order valence-corrected chi connectivity index (χ1v) is 15.2. The molecule has 8 nitrogen and oxygen atoms in total. The Kier molecular flexibility index (Phi) is 8.34. The minimum Gasteiger partial charge on any atom is -0.744 e. The minimum absolute atomic E-state index is 0.123. The number of benzene rings is 2. The molecule has 1 aromatic rings. The summed E-state index contributed by atoms with van der Waals surface area (Å²) in [4.78, 5) is 12.8. The Labute approximate surface area is 241 Å². The van der Waals surface area contributed by atoms with Gasteiger partial charge in [0.05, 0.1) is 11.0 Å². The minimum atomic E-state index is -4.61. The molecule has 2 heterocycles. The van der Waals surface area contributed by atoms with Crippen molar-refractivity contribution in [2.45, 2.75) is 76.0 Å². The number of unbranched alkanes of at least 4 members (excludes halogenated alkanes) is 2. The molecule has 9 heteroatoms. The number of anilines is 1. The lowest BCUT2D eigenvalue weighted by molar-refractivity contribution is -0.172. The van der Waals surface area contributed by atoms with Crippen LogP contribution in [-0.4, -0.2) is 30.6 Å². The van der Waals surface area contributed by atoms with Gasteiger partial charge in [0.1, 0.15) is 21.6 Å². The fourth-order valence-electron chi connectivity index (χ4n) is 5.25. The molecule has 0 bridgehead atoms. The lowest BCUT2D eigenvalue weighted by atomic mass is 9.83. The molecule has 3 aliphatic rings. The van der Waals surface area contributed by atoms with E-state index in [0.29, 0.717) is 24.1 Å². The molecule has 1 aliphatic carbocycles. The third-order valence-corrected chi connectivity index (χ3v) is 8.35. The second kappa shape index (κ2) is 11.3. The van der Waals surface area contributed by atoms with Gasteiger partial charge in [0.2, 0.25) is 0 Å². The highest BCUT2D eigenvalue weighted by Gasteiger charge is 2.40. The molecule has 0 amide bonds. The summed E-state index contributed by atoms with van der Waals surface area (Å²) in [5.74, 6) is 0.715. The third kappa shape index (κ3) is 6.63. The van der Waals surface area contributed by atoms with Crippen LogP contribution in [0.1, 0.15) is 77.2 Å². The quantitative estimate of drug-likeness (QED) is 0.280. The van der Waals surface area contributed by atoms with Gasteiger partial charge in [-0.2, -0.15) is 0 Å². The molecular weight excluding hydrogens is 540 g/mol. The summed E-state index contributed by atoms with van der Waals surface area (Å²) in [6, 6.07) is 12.2. The fourth-order valence-corrected chi connectivity index (χ4v) is 5.75. The van der Waals surface area contributed by atoms with Gasteiger partial charge in [-0.05, 0) is 60.4 Å². The van der Waals surface area contributed by atoms with Crippen molar-refractivity contribution in [1.29, 1.82) is 0 Å². The van der Waals surface area contributed by atoms with Crippen LogP contribution in [0.15, 0.2) is 69.6 Å². The number of nitrogens with zero attached hydrogens (tertiary/aromatic N) is 1. The molecule has 0 unspecified atom stereocenters. The third-order valence-electron chi connectivity index (χ3n) is 7.52. The maximum Gasteiger partial charge on any atom is 0.303 e. The molecule has 0 saturated heterocycles.